The van der Waals surface area contributed by atoms with Gasteiger partial charge in [-0.05, 0) is 124 Å². The molecule has 0 spiro atoms. The largest absolute Gasteiger partial charge is 0.489 e. The lowest BCUT2D eigenvalue weighted by atomic mass is 9.87. The van der Waals surface area contributed by atoms with Crippen LogP contribution in [0.2, 0.25) is 0 Å². The minimum atomic E-state index is -0.724. The normalized spacial score (nSPS) is 16.7. The number of rotatable bonds is 14. The molecule has 0 fully saturated rings. The lowest BCUT2D eigenvalue weighted by molar-refractivity contribution is -0.142. The summed E-state index contributed by atoms with van der Waals surface area (Å²) in [5.74, 6) is 1.77. The second-order valence-electron chi connectivity index (χ2n) is 17.4. The molecule has 2 aliphatic heterocycles. The van der Waals surface area contributed by atoms with Gasteiger partial charge in [0.25, 0.3) is 0 Å². The van der Waals surface area contributed by atoms with Crippen LogP contribution in [0, 0.1) is 11.8 Å². The molecule has 0 saturated heterocycles. The molecule has 6 heterocycles. The molecule has 66 heavy (non-hydrogen) atoms. The SMILES string of the molecule is CC(C)Oc1cc2c(cc1Nc1ncnc3sc4c(c13)CC[C@H](C(=O)N(CCO)CCO)C4)C=NC2.CC(C)Oc1cc2c(cc1Nc1ncnc3sc4c(c13)CC[C@H](C(=O)O)C4)C=NC2. The van der Waals surface area contributed by atoms with Gasteiger partial charge in [0.05, 0.1) is 66.6 Å². The number of nitrogens with one attached hydrogen (secondary N) is 2. The third-order valence-electron chi connectivity index (χ3n) is 12.1. The first-order valence-corrected chi connectivity index (χ1v) is 24.1. The molecule has 1 amide bonds. The van der Waals surface area contributed by atoms with Crippen molar-refractivity contribution in [2.24, 2.45) is 21.8 Å². The van der Waals surface area contributed by atoms with E-state index in [1.807, 2.05) is 52.3 Å². The van der Waals surface area contributed by atoms with E-state index in [1.165, 1.54) is 11.1 Å². The molecular formula is C48H53N9O7S2. The van der Waals surface area contributed by atoms with Crippen LogP contribution >= 0.6 is 22.7 Å². The van der Waals surface area contributed by atoms with Crippen LogP contribution in [0.5, 0.6) is 11.5 Å². The first-order valence-electron chi connectivity index (χ1n) is 22.4. The number of carbonyl (C=O) groups excluding carboxylic acids is 1. The van der Waals surface area contributed by atoms with E-state index in [2.05, 4.69) is 52.7 Å². The first-order chi connectivity index (χ1) is 32.0. The standard InChI is InChI=1S/C26H31N5O4S.C22H22N4O3S/c1-15(2)35-21-10-18-13-27-12-17(18)9-20(21)30-24-23-19-4-3-16(26(34)31(5-7-32)6-8-33)11-22(19)36-25(23)29-14-28-24;1-11(2)29-17-6-14-9-23-8-13(14)5-16(17)26-20-19-15-4-3-12(22(27)28)7-18(15)30-21(19)25-10-24-20/h9-10,12,14-16,32-33H,3-8,11,13H2,1-2H3,(H,28,29,30);5-6,8,10-12H,3-4,7,9H2,1-2H3,(H,27,28)(H,24,25,26)/t16-;12-/m00/s1. The third-order valence-corrected chi connectivity index (χ3v) is 14.5. The third kappa shape index (κ3) is 9.32. The number of aromatic nitrogens is 4. The molecule has 18 heteroatoms. The molecule has 16 nitrogen and oxygen atoms in total. The van der Waals surface area contributed by atoms with E-state index in [0.717, 1.165) is 99.8 Å². The second-order valence-corrected chi connectivity index (χ2v) is 19.6. The van der Waals surface area contributed by atoms with Crippen LogP contribution < -0.4 is 20.1 Å². The van der Waals surface area contributed by atoms with Crippen molar-refractivity contribution in [3.05, 3.63) is 80.1 Å². The van der Waals surface area contributed by atoms with Gasteiger partial charge in [-0.2, -0.15) is 0 Å². The number of hydrogen-bond donors (Lipinski definition) is 5. The number of carboxylic acid groups (broad SMARTS) is 1. The van der Waals surface area contributed by atoms with E-state index < -0.39 is 5.97 Å². The summed E-state index contributed by atoms with van der Waals surface area (Å²) in [6, 6.07) is 8.20. The summed E-state index contributed by atoms with van der Waals surface area (Å²) in [6.45, 7) is 9.59. The Morgan fingerprint density at radius 2 is 1.18 bits per heavy atom. The molecule has 4 aliphatic rings. The maximum Gasteiger partial charge on any atom is 0.306 e. The summed E-state index contributed by atoms with van der Waals surface area (Å²) >= 11 is 3.18. The number of fused-ring (bicyclic) bond motifs is 8. The van der Waals surface area contributed by atoms with Gasteiger partial charge in [-0.25, -0.2) is 19.9 Å². The Kier molecular flexibility index (Phi) is 13.3. The zero-order valence-electron chi connectivity index (χ0n) is 37.3. The van der Waals surface area contributed by atoms with Gasteiger partial charge in [0, 0.05) is 41.2 Å². The highest BCUT2D eigenvalue weighted by atomic mass is 32.1. The highest BCUT2D eigenvalue weighted by Gasteiger charge is 2.32. The predicted molar refractivity (Wildman–Crippen MR) is 258 cm³/mol. The topological polar surface area (TPSA) is 217 Å². The van der Waals surface area contributed by atoms with Gasteiger partial charge in [0.15, 0.2) is 0 Å². The number of anilines is 4. The molecule has 10 rings (SSSR count). The van der Waals surface area contributed by atoms with Crippen molar-refractivity contribution in [2.45, 2.75) is 91.5 Å². The molecule has 4 aromatic heterocycles. The van der Waals surface area contributed by atoms with Crippen LogP contribution in [-0.2, 0) is 48.4 Å². The zero-order chi connectivity index (χ0) is 46.1. The summed E-state index contributed by atoms with van der Waals surface area (Å²) in [6.07, 6.45) is 10.9. The molecule has 0 radical (unpaired) electrons. The van der Waals surface area contributed by atoms with E-state index in [1.54, 1.807) is 40.2 Å². The van der Waals surface area contributed by atoms with Gasteiger partial charge >= 0.3 is 5.97 Å². The molecular weight excluding hydrogens is 879 g/mol. The number of aliphatic carboxylic acids is 1. The zero-order valence-corrected chi connectivity index (χ0v) is 39.0. The number of aliphatic hydroxyl groups is 2. The van der Waals surface area contributed by atoms with E-state index in [4.69, 9.17) is 9.47 Å². The van der Waals surface area contributed by atoms with Crippen molar-refractivity contribution < 1.29 is 34.4 Å². The number of aryl methyl sites for hydroxylation is 2. The van der Waals surface area contributed by atoms with E-state index in [0.29, 0.717) is 38.8 Å². The van der Waals surface area contributed by atoms with Gasteiger partial charge in [-0.15, -0.1) is 22.7 Å². The number of benzene rings is 2. The Bertz CT molecular complexity index is 2870. The van der Waals surface area contributed by atoms with Gasteiger partial charge in [-0.3, -0.25) is 19.6 Å². The molecule has 0 saturated carbocycles. The number of carboxylic acids is 1. The average Bonchev–Trinajstić information content (AvgIpc) is 4.11. The highest BCUT2D eigenvalue weighted by molar-refractivity contribution is 7.19. The Balaban J connectivity index is 0.000000169. The number of nitrogens with zero attached hydrogens (tertiary/aromatic N) is 7. The number of ether oxygens (including phenoxy) is 2. The van der Waals surface area contributed by atoms with Crippen molar-refractivity contribution in [1.29, 1.82) is 0 Å². The van der Waals surface area contributed by atoms with Crippen LogP contribution in [0.1, 0.15) is 83.7 Å². The minimum absolute atomic E-state index is 0.0130. The maximum absolute atomic E-state index is 13.1. The Hall–Kier alpha value is -6.08. The van der Waals surface area contributed by atoms with Crippen molar-refractivity contribution in [3.63, 3.8) is 0 Å². The fraction of sp³-hybridized carbons (Fsp3) is 0.417. The van der Waals surface area contributed by atoms with Gasteiger partial charge in [0.1, 0.15) is 45.5 Å². The number of aliphatic hydroxyl groups excluding tert-OH is 2. The molecule has 0 unspecified atom stereocenters. The van der Waals surface area contributed by atoms with Crippen LogP contribution in [-0.4, -0.2) is 103 Å². The van der Waals surface area contributed by atoms with Crippen molar-refractivity contribution in [2.75, 3.05) is 36.9 Å². The van der Waals surface area contributed by atoms with Crippen molar-refractivity contribution in [1.82, 2.24) is 24.8 Å². The lowest BCUT2D eigenvalue weighted by Gasteiger charge is -2.28. The Labute approximate surface area is 389 Å². The smallest absolute Gasteiger partial charge is 0.306 e. The summed E-state index contributed by atoms with van der Waals surface area (Å²) in [4.78, 5) is 57.0. The molecule has 2 atom stereocenters. The predicted octanol–water partition coefficient (Wildman–Crippen LogP) is 7.42. The van der Waals surface area contributed by atoms with Crippen molar-refractivity contribution >= 4 is 90.4 Å². The molecule has 2 aromatic carbocycles. The lowest BCUT2D eigenvalue weighted by Crippen LogP contribution is -2.41. The Morgan fingerprint density at radius 3 is 1.64 bits per heavy atom. The number of carbonyl (C=O) groups is 2. The summed E-state index contributed by atoms with van der Waals surface area (Å²) in [7, 11) is 0. The second kappa shape index (κ2) is 19.4. The molecule has 0 bridgehead atoms. The molecule has 344 valence electrons. The Morgan fingerprint density at radius 1 is 0.712 bits per heavy atom. The molecule has 2 aliphatic carbocycles. The number of hydrogen-bond acceptors (Lipinski definition) is 16. The van der Waals surface area contributed by atoms with E-state index in [-0.39, 0.29) is 56.3 Å². The van der Waals surface area contributed by atoms with Gasteiger partial charge < -0.3 is 40.3 Å². The highest BCUT2D eigenvalue weighted by Crippen LogP contribution is 2.44. The maximum atomic E-state index is 13.1. The molecule has 5 N–H and O–H groups in total. The fourth-order valence-corrected chi connectivity index (χ4v) is 11.6. The minimum Gasteiger partial charge on any atom is -0.489 e. The first kappa shape index (κ1) is 45.1. The van der Waals surface area contributed by atoms with Crippen LogP contribution in [0.3, 0.4) is 0 Å². The van der Waals surface area contributed by atoms with Gasteiger partial charge in [0.2, 0.25) is 5.91 Å². The van der Waals surface area contributed by atoms with E-state index in [9.17, 15) is 24.9 Å². The van der Waals surface area contributed by atoms with Crippen LogP contribution in [0.15, 0.2) is 46.9 Å². The van der Waals surface area contributed by atoms with Gasteiger partial charge in [-0.1, -0.05) is 0 Å². The number of amides is 1. The number of thiophene rings is 2. The summed E-state index contributed by atoms with van der Waals surface area (Å²) < 4.78 is 12.2. The molecule has 6 aromatic rings. The monoisotopic (exact) mass is 931 g/mol. The fourth-order valence-electron chi connectivity index (χ4n) is 9.09. The van der Waals surface area contributed by atoms with E-state index >= 15 is 0 Å². The summed E-state index contributed by atoms with van der Waals surface area (Å²) in [5.41, 5.74) is 8.48. The van der Waals surface area contributed by atoms with Crippen LogP contribution in [0.4, 0.5) is 23.0 Å². The van der Waals surface area contributed by atoms with Crippen LogP contribution in [0.25, 0.3) is 20.4 Å². The number of aliphatic imine (C=N–C) groups is 2. The average molecular weight is 932 g/mol. The summed E-state index contributed by atoms with van der Waals surface area (Å²) in [5, 5.41) is 37.0. The quantitative estimate of drug-likeness (QED) is 0.0720. The van der Waals surface area contributed by atoms with Crippen molar-refractivity contribution in [3.8, 4) is 11.5 Å².